The average molecular weight is 259 g/mol. The summed E-state index contributed by atoms with van der Waals surface area (Å²) >= 11 is 0. The molecule has 0 saturated heterocycles. The number of nitrogens with two attached hydrogens (primary N) is 1. The lowest BCUT2D eigenvalue weighted by Crippen LogP contribution is -2.19. The van der Waals surface area contributed by atoms with Gasteiger partial charge in [0.15, 0.2) is 5.84 Å². The molecule has 2 heterocycles. The first-order valence-corrected chi connectivity index (χ1v) is 6.22. The van der Waals surface area contributed by atoms with Crippen molar-refractivity contribution in [3.63, 3.8) is 0 Å². The van der Waals surface area contributed by atoms with E-state index in [-0.39, 0.29) is 5.84 Å². The molecule has 19 heavy (non-hydrogen) atoms. The first kappa shape index (κ1) is 13.1. The van der Waals surface area contributed by atoms with E-state index in [4.69, 9.17) is 10.9 Å². The van der Waals surface area contributed by atoms with Crippen LogP contribution in [0.2, 0.25) is 0 Å². The minimum absolute atomic E-state index is 0.0220. The average Bonchev–Trinajstić information content (AvgIpc) is 2.89. The Hall–Kier alpha value is -2.37. The second kappa shape index (κ2) is 5.51. The van der Waals surface area contributed by atoms with Crippen LogP contribution in [0, 0.1) is 0 Å². The van der Waals surface area contributed by atoms with E-state index in [2.05, 4.69) is 35.2 Å². The Morgan fingerprint density at radius 1 is 1.42 bits per heavy atom. The summed E-state index contributed by atoms with van der Waals surface area (Å²) in [5.41, 5.74) is 8.87. The van der Waals surface area contributed by atoms with Crippen LogP contribution in [-0.2, 0) is 12.8 Å². The van der Waals surface area contributed by atoms with Gasteiger partial charge in [-0.05, 0) is 31.0 Å². The van der Waals surface area contributed by atoms with Gasteiger partial charge in [0.2, 0.25) is 0 Å². The van der Waals surface area contributed by atoms with Crippen LogP contribution < -0.4 is 5.73 Å². The van der Waals surface area contributed by atoms with Crippen molar-refractivity contribution in [1.29, 1.82) is 0 Å². The number of hydrogen-bond donors (Lipinski definition) is 2. The summed E-state index contributed by atoms with van der Waals surface area (Å²) in [5, 5.41) is 16.4. The maximum absolute atomic E-state index is 8.83. The Kier molecular flexibility index (Phi) is 3.79. The first-order chi connectivity index (χ1) is 9.21. The summed E-state index contributed by atoms with van der Waals surface area (Å²) in [6, 6.07) is 5.71. The van der Waals surface area contributed by atoms with Crippen molar-refractivity contribution < 1.29 is 5.21 Å². The van der Waals surface area contributed by atoms with Crippen LogP contribution in [0.4, 0.5) is 0 Å². The van der Waals surface area contributed by atoms with Crippen molar-refractivity contribution in [3.8, 4) is 5.69 Å². The normalized spacial score (nSPS) is 11.8. The minimum Gasteiger partial charge on any atom is -0.409 e. The Morgan fingerprint density at radius 3 is 2.84 bits per heavy atom. The highest BCUT2D eigenvalue weighted by atomic mass is 16.4. The van der Waals surface area contributed by atoms with Crippen molar-refractivity contribution in [2.75, 3.05) is 0 Å². The van der Waals surface area contributed by atoms with E-state index >= 15 is 0 Å². The topological polar surface area (TPSA) is 89.3 Å². The molecule has 6 heteroatoms. The molecule has 2 aromatic heterocycles. The van der Waals surface area contributed by atoms with Gasteiger partial charge >= 0.3 is 0 Å². The summed E-state index contributed by atoms with van der Waals surface area (Å²) in [5.74, 6) is -0.0220. The highest BCUT2D eigenvalue weighted by Gasteiger charge is 2.14. The fourth-order valence-corrected chi connectivity index (χ4v) is 1.92. The van der Waals surface area contributed by atoms with E-state index < -0.39 is 0 Å². The second-order valence-corrected chi connectivity index (χ2v) is 4.10. The molecule has 0 saturated carbocycles. The Morgan fingerprint density at radius 2 is 2.21 bits per heavy atom. The van der Waals surface area contributed by atoms with Crippen molar-refractivity contribution >= 4 is 5.84 Å². The van der Waals surface area contributed by atoms with Gasteiger partial charge in [-0.3, -0.25) is 4.98 Å². The van der Waals surface area contributed by atoms with Crippen LogP contribution in [0.15, 0.2) is 29.6 Å². The highest BCUT2D eigenvalue weighted by molar-refractivity contribution is 5.98. The fraction of sp³-hybridized carbons (Fsp3) is 0.308. The van der Waals surface area contributed by atoms with Crippen LogP contribution in [0.25, 0.3) is 5.69 Å². The van der Waals surface area contributed by atoms with Crippen LogP contribution >= 0.6 is 0 Å². The Labute approximate surface area is 111 Å². The number of aryl methyl sites for hydroxylation is 2. The number of nitrogens with zero attached hydrogens (tertiary/aromatic N) is 4. The molecular weight excluding hydrogens is 242 g/mol. The number of aromatic nitrogens is 3. The van der Waals surface area contributed by atoms with Crippen molar-refractivity contribution in [2.45, 2.75) is 26.7 Å². The number of oxime groups is 1. The zero-order valence-corrected chi connectivity index (χ0v) is 11.0. The van der Waals surface area contributed by atoms with Gasteiger partial charge in [0.1, 0.15) is 5.69 Å². The SMILES string of the molecule is CCc1cc(CC)n(-c2cccnc2/C(N)=N/O)n1. The fourth-order valence-electron chi connectivity index (χ4n) is 1.92. The molecule has 100 valence electrons. The van der Waals surface area contributed by atoms with Crippen LogP contribution in [0.5, 0.6) is 0 Å². The standard InChI is InChI=1S/C13H17N5O/c1-3-9-8-10(4-2)18(16-9)11-6-5-7-15-12(11)13(14)17-19/h5-8,19H,3-4H2,1-2H3,(H2,14,17). The zero-order valence-electron chi connectivity index (χ0n) is 11.0. The quantitative estimate of drug-likeness (QED) is 0.377. The molecule has 0 radical (unpaired) electrons. The molecular formula is C13H17N5O. The third-order valence-electron chi connectivity index (χ3n) is 2.92. The van der Waals surface area contributed by atoms with E-state index in [0.717, 1.165) is 24.2 Å². The maximum atomic E-state index is 8.83. The molecule has 0 aliphatic rings. The number of rotatable bonds is 4. The second-order valence-electron chi connectivity index (χ2n) is 4.10. The minimum atomic E-state index is -0.0220. The molecule has 0 unspecified atom stereocenters. The zero-order chi connectivity index (χ0) is 13.8. The van der Waals surface area contributed by atoms with Crippen molar-refractivity contribution in [1.82, 2.24) is 14.8 Å². The lowest BCUT2D eigenvalue weighted by molar-refractivity contribution is 0.318. The molecule has 0 aliphatic heterocycles. The molecule has 2 aromatic rings. The molecule has 0 bridgehead atoms. The van der Waals surface area contributed by atoms with Gasteiger partial charge in [-0.2, -0.15) is 5.10 Å². The summed E-state index contributed by atoms with van der Waals surface area (Å²) < 4.78 is 1.80. The van der Waals surface area contributed by atoms with Gasteiger partial charge < -0.3 is 10.9 Å². The van der Waals surface area contributed by atoms with Gasteiger partial charge in [-0.25, -0.2) is 4.68 Å². The first-order valence-electron chi connectivity index (χ1n) is 6.22. The molecule has 0 amide bonds. The molecule has 0 aromatic carbocycles. The summed E-state index contributed by atoms with van der Waals surface area (Å²) in [6.07, 6.45) is 3.31. The van der Waals surface area contributed by atoms with Gasteiger partial charge in [0.25, 0.3) is 0 Å². The number of hydrogen-bond acceptors (Lipinski definition) is 4. The van der Waals surface area contributed by atoms with Gasteiger partial charge in [-0.1, -0.05) is 19.0 Å². The molecule has 3 N–H and O–H groups in total. The third-order valence-corrected chi connectivity index (χ3v) is 2.92. The van der Waals surface area contributed by atoms with Crippen molar-refractivity contribution in [3.05, 3.63) is 41.5 Å². The third kappa shape index (κ3) is 2.42. The van der Waals surface area contributed by atoms with Gasteiger partial charge in [-0.15, -0.1) is 0 Å². The van der Waals surface area contributed by atoms with Crippen molar-refractivity contribution in [2.24, 2.45) is 10.9 Å². The van der Waals surface area contributed by atoms with Crippen LogP contribution in [0.1, 0.15) is 30.9 Å². The Bertz CT molecular complexity index is 603. The molecule has 0 fully saturated rings. The van der Waals surface area contributed by atoms with Crippen LogP contribution in [0.3, 0.4) is 0 Å². The van der Waals surface area contributed by atoms with Crippen LogP contribution in [-0.4, -0.2) is 25.8 Å². The molecule has 0 spiro atoms. The van der Waals surface area contributed by atoms with E-state index in [0.29, 0.717) is 11.4 Å². The summed E-state index contributed by atoms with van der Waals surface area (Å²) in [6.45, 7) is 4.12. The summed E-state index contributed by atoms with van der Waals surface area (Å²) in [4.78, 5) is 4.16. The molecule has 6 nitrogen and oxygen atoms in total. The lowest BCUT2D eigenvalue weighted by Gasteiger charge is -2.09. The number of pyridine rings is 1. The monoisotopic (exact) mass is 259 g/mol. The van der Waals surface area contributed by atoms with E-state index in [1.807, 2.05) is 6.07 Å². The van der Waals surface area contributed by atoms with Gasteiger partial charge in [0, 0.05) is 11.9 Å². The lowest BCUT2D eigenvalue weighted by atomic mass is 10.2. The highest BCUT2D eigenvalue weighted by Crippen LogP contribution is 2.16. The maximum Gasteiger partial charge on any atom is 0.190 e. The van der Waals surface area contributed by atoms with Gasteiger partial charge in [0.05, 0.1) is 11.4 Å². The Balaban J connectivity index is 2.61. The van der Waals surface area contributed by atoms with E-state index in [1.165, 1.54) is 0 Å². The predicted molar refractivity (Wildman–Crippen MR) is 72.6 cm³/mol. The molecule has 0 atom stereocenters. The molecule has 2 rings (SSSR count). The summed E-state index contributed by atoms with van der Waals surface area (Å²) in [7, 11) is 0. The number of amidine groups is 1. The largest absolute Gasteiger partial charge is 0.409 e. The molecule has 0 aliphatic carbocycles. The van der Waals surface area contributed by atoms with E-state index in [1.54, 1.807) is 16.9 Å². The smallest absolute Gasteiger partial charge is 0.190 e. The predicted octanol–water partition coefficient (Wildman–Crippen LogP) is 1.49. The van der Waals surface area contributed by atoms with E-state index in [9.17, 15) is 0 Å².